The number of nitrogens with one attached hydrogen (secondary N) is 1. The van der Waals surface area contributed by atoms with Gasteiger partial charge in [-0.3, -0.25) is 0 Å². The van der Waals surface area contributed by atoms with Crippen molar-refractivity contribution in [2.45, 2.75) is 6.61 Å². The molecule has 0 amide bonds. The van der Waals surface area contributed by atoms with Crippen LogP contribution in [0.2, 0.25) is 0 Å². The van der Waals surface area contributed by atoms with E-state index in [4.69, 9.17) is 9.47 Å². The van der Waals surface area contributed by atoms with Crippen molar-refractivity contribution < 1.29 is 9.47 Å². The molecule has 0 unspecified atom stereocenters. The van der Waals surface area contributed by atoms with Crippen LogP contribution in [-0.4, -0.2) is 29.1 Å². The topological polar surface area (TPSA) is 69.2 Å². The van der Waals surface area contributed by atoms with E-state index in [2.05, 4.69) is 20.3 Å². The zero-order valence-corrected chi connectivity index (χ0v) is 10.3. The zero-order chi connectivity index (χ0) is 12.8. The van der Waals surface area contributed by atoms with Crippen LogP contribution in [0.5, 0.6) is 12.0 Å². The number of rotatable bonds is 5. The number of aromatic nitrogens is 3. The molecule has 0 saturated carbocycles. The predicted molar refractivity (Wildman–Crippen MR) is 66.7 cm³/mol. The van der Waals surface area contributed by atoms with Gasteiger partial charge in [0.1, 0.15) is 6.61 Å². The highest BCUT2D eigenvalue weighted by Gasteiger charge is 2.06. The lowest BCUT2D eigenvalue weighted by Crippen LogP contribution is -2.05. The highest BCUT2D eigenvalue weighted by Crippen LogP contribution is 2.13. The molecule has 1 aromatic heterocycles. The van der Waals surface area contributed by atoms with Crippen LogP contribution in [0, 0.1) is 0 Å². The predicted octanol–water partition coefficient (Wildman–Crippen LogP) is 1.50. The van der Waals surface area contributed by atoms with E-state index in [1.807, 2.05) is 30.3 Å². The van der Waals surface area contributed by atoms with Gasteiger partial charge in [0.15, 0.2) is 0 Å². The second-order valence-electron chi connectivity index (χ2n) is 3.45. The molecule has 0 saturated heterocycles. The number of hydrogen-bond acceptors (Lipinski definition) is 6. The largest absolute Gasteiger partial charge is 0.467 e. The Morgan fingerprint density at radius 2 is 1.78 bits per heavy atom. The number of anilines is 1. The van der Waals surface area contributed by atoms with Gasteiger partial charge in [-0.2, -0.15) is 9.97 Å². The molecule has 94 valence electrons. The van der Waals surface area contributed by atoms with Gasteiger partial charge in [-0.15, -0.1) is 4.98 Å². The molecule has 2 rings (SSSR count). The fourth-order valence-corrected chi connectivity index (χ4v) is 1.33. The average molecular weight is 246 g/mol. The van der Waals surface area contributed by atoms with Gasteiger partial charge in [0, 0.05) is 7.05 Å². The molecule has 6 heteroatoms. The molecule has 18 heavy (non-hydrogen) atoms. The Labute approximate surface area is 105 Å². The van der Waals surface area contributed by atoms with E-state index in [0.717, 1.165) is 5.56 Å². The molecule has 0 spiro atoms. The summed E-state index contributed by atoms with van der Waals surface area (Å²) in [7, 11) is 3.21. The third kappa shape index (κ3) is 3.07. The molecule has 0 radical (unpaired) electrons. The third-order valence-electron chi connectivity index (χ3n) is 2.21. The highest BCUT2D eigenvalue weighted by molar-refractivity contribution is 5.26. The summed E-state index contributed by atoms with van der Waals surface area (Å²) < 4.78 is 10.5. The summed E-state index contributed by atoms with van der Waals surface area (Å²) in [4.78, 5) is 12.1. The van der Waals surface area contributed by atoms with E-state index < -0.39 is 0 Å². The van der Waals surface area contributed by atoms with E-state index in [-0.39, 0.29) is 12.0 Å². The summed E-state index contributed by atoms with van der Waals surface area (Å²) in [6.45, 7) is 0.400. The van der Waals surface area contributed by atoms with Gasteiger partial charge in [0.25, 0.3) is 0 Å². The van der Waals surface area contributed by atoms with Crippen molar-refractivity contribution in [2.75, 3.05) is 19.5 Å². The molecule has 6 nitrogen and oxygen atoms in total. The van der Waals surface area contributed by atoms with E-state index in [9.17, 15) is 0 Å². The molecule has 1 N–H and O–H groups in total. The first kappa shape index (κ1) is 12.1. The first-order chi connectivity index (χ1) is 8.81. The maximum absolute atomic E-state index is 5.49. The van der Waals surface area contributed by atoms with Crippen molar-refractivity contribution in [3.63, 3.8) is 0 Å². The second kappa shape index (κ2) is 5.81. The van der Waals surface area contributed by atoms with Crippen LogP contribution in [0.4, 0.5) is 5.95 Å². The van der Waals surface area contributed by atoms with Crippen molar-refractivity contribution in [1.82, 2.24) is 15.0 Å². The second-order valence-corrected chi connectivity index (χ2v) is 3.45. The number of benzene rings is 1. The van der Waals surface area contributed by atoms with Crippen molar-refractivity contribution in [3.8, 4) is 12.0 Å². The van der Waals surface area contributed by atoms with E-state index in [1.165, 1.54) is 7.11 Å². The molecule has 0 fully saturated rings. The zero-order valence-electron chi connectivity index (χ0n) is 10.3. The lowest BCUT2D eigenvalue weighted by molar-refractivity contribution is 0.271. The Balaban J connectivity index is 2.09. The lowest BCUT2D eigenvalue weighted by atomic mass is 10.2. The summed E-state index contributed by atoms with van der Waals surface area (Å²) in [6, 6.07) is 10.2. The van der Waals surface area contributed by atoms with Crippen molar-refractivity contribution in [3.05, 3.63) is 35.9 Å². The van der Waals surface area contributed by atoms with E-state index in [1.54, 1.807) is 7.05 Å². The molecule has 0 aliphatic rings. The van der Waals surface area contributed by atoms with Crippen molar-refractivity contribution in [1.29, 1.82) is 0 Å². The number of nitrogens with zero attached hydrogens (tertiary/aromatic N) is 3. The SMILES string of the molecule is CNc1nc(OC)nc(OCc2ccccc2)n1. The van der Waals surface area contributed by atoms with E-state index in [0.29, 0.717) is 12.6 Å². The molecule has 1 heterocycles. The summed E-state index contributed by atoms with van der Waals surface area (Å²) in [5.74, 6) is 0.407. The Morgan fingerprint density at radius 1 is 1.06 bits per heavy atom. The fourth-order valence-electron chi connectivity index (χ4n) is 1.33. The van der Waals surface area contributed by atoms with Crippen LogP contribution in [0.15, 0.2) is 30.3 Å². The Hall–Kier alpha value is -2.37. The van der Waals surface area contributed by atoms with Crippen LogP contribution >= 0.6 is 0 Å². The monoisotopic (exact) mass is 246 g/mol. The maximum Gasteiger partial charge on any atom is 0.324 e. The molecule has 0 aliphatic heterocycles. The van der Waals surface area contributed by atoms with Crippen molar-refractivity contribution in [2.24, 2.45) is 0 Å². The van der Waals surface area contributed by atoms with Crippen LogP contribution < -0.4 is 14.8 Å². The van der Waals surface area contributed by atoms with Crippen LogP contribution in [-0.2, 0) is 6.61 Å². The van der Waals surface area contributed by atoms with Crippen LogP contribution in [0.3, 0.4) is 0 Å². The average Bonchev–Trinajstić information content (AvgIpc) is 2.45. The molecule has 0 bridgehead atoms. The Bertz CT molecular complexity index is 482. The molecule has 2 aromatic rings. The minimum absolute atomic E-state index is 0.220. The third-order valence-corrected chi connectivity index (χ3v) is 2.21. The van der Waals surface area contributed by atoms with Crippen LogP contribution in [0.25, 0.3) is 0 Å². The van der Waals surface area contributed by atoms with E-state index >= 15 is 0 Å². The molecule has 1 aromatic carbocycles. The first-order valence-corrected chi connectivity index (χ1v) is 5.46. The highest BCUT2D eigenvalue weighted by atomic mass is 16.5. The smallest absolute Gasteiger partial charge is 0.324 e. The van der Waals surface area contributed by atoms with Gasteiger partial charge in [0.2, 0.25) is 5.95 Å². The van der Waals surface area contributed by atoms with Crippen molar-refractivity contribution >= 4 is 5.95 Å². The summed E-state index contributed by atoms with van der Waals surface area (Å²) in [5, 5.41) is 2.82. The summed E-state index contributed by atoms with van der Waals surface area (Å²) in [5.41, 5.74) is 1.04. The Kier molecular flexibility index (Phi) is 3.90. The molecule has 0 aliphatic carbocycles. The standard InChI is InChI=1S/C12H14N4O2/c1-13-10-14-11(17-2)16-12(15-10)18-8-9-6-4-3-5-7-9/h3-7H,8H2,1-2H3,(H,13,14,15,16). The van der Waals surface area contributed by atoms with Gasteiger partial charge < -0.3 is 14.8 Å². The fraction of sp³-hybridized carbons (Fsp3) is 0.250. The minimum Gasteiger partial charge on any atom is -0.467 e. The summed E-state index contributed by atoms with van der Waals surface area (Å²) >= 11 is 0. The number of hydrogen-bond donors (Lipinski definition) is 1. The van der Waals surface area contributed by atoms with Gasteiger partial charge >= 0.3 is 12.0 Å². The number of ether oxygens (including phenoxy) is 2. The summed E-state index contributed by atoms with van der Waals surface area (Å²) in [6.07, 6.45) is 0. The molecule has 0 atom stereocenters. The van der Waals surface area contributed by atoms with Gasteiger partial charge in [0.05, 0.1) is 7.11 Å². The quantitative estimate of drug-likeness (QED) is 0.862. The van der Waals surface area contributed by atoms with Gasteiger partial charge in [-0.05, 0) is 5.56 Å². The lowest BCUT2D eigenvalue weighted by Gasteiger charge is -2.07. The van der Waals surface area contributed by atoms with Gasteiger partial charge in [-0.1, -0.05) is 30.3 Å². The Morgan fingerprint density at radius 3 is 2.44 bits per heavy atom. The van der Waals surface area contributed by atoms with Gasteiger partial charge in [-0.25, -0.2) is 0 Å². The number of methoxy groups -OCH3 is 1. The first-order valence-electron chi connectivity index (χ1n) is 5.46. The molecular formula is C12H14N4O2. The maximum atomic E-state index is 5.49. The minimum atomic E-state index is 0.220. The molecular weight excluding hydrogens is 232 g/mol. The normalized spacial score (nSPS) is 9.89. The van der Waals surface area contributed by atoms with Crippen LogP contribution in [0.1, 0.15) is 5.56 Å².